The van der Waals surface area contributed by atoms with Crippen LogP contribution >= 0.6 is 15.9 Å². The van der Waals surface area contributed by atoms with Gasteiger partial charge in [0.05, 0.1) is 0 Å². The summed E-state index contributed by atoms with van der Waals surface area (Å²) in [6.45, 7) is 2.50. The molecule has 6 heteroatoms. The number of rotatable bonds is 3. The van der Waals surface area contributed by atoms with Gasteiger partial charge in [0.25, 0.3) is 0 Å². The van der Waals surface area contributed by atoms with Crippen LogP contribution in [0.5, 0.6) is 0 Å². The lowest BCUT2D eigenvalue weighted by Crippen LogP contribution is -1.96. The fourth-order valence-electron chi connectivity index (χ4n) is 1.36. The maximum Gasteiger partial charge on any atom is 0.339 e. The van der Waals surface area contributed by atoms with Crippen molar-refractivity contribution >= 4 is 21.9 Å². The number of hydrogen-bond acceptors (Lipinski definition) is 3. The summed E-state index contributed by atoms with van der Waals surface area (Å²) in [6, 6.07) is 3.38. The van der Waals surface area contributed by atoms with Gasteiger partial charge in [-0.1, -0.05) is 0 Å². The summed E-state index contributed by atoms with van der Waals surface area (Å²) in [5.41, 5.74) is 0.490. The molecule has 2 heterocycles. The summed E-state index contributed by atoms with van der Waals surface area (Å²) in [5.74, 6) is -0.571. The summed E-state index contributed by atoms with van der Waals surface area (Å²) in [5, 5.41) is 13.2. The predicted octanol–water partition coefficient (Wildman–Crippen LogP) is 2.62. The van der Waals surface area contributed by atoms with Crippen molar-refractivity contribution in [2.24, 2.45) is 0 Å². The minimum Gasteiger partial charge on any atom is -0.478 e. The van der Waals surface area contributed by atoms with Crippen molar-refractivity contribution in [1.29, 1.82) is 0 Å². The summed E-state index contributed by atoms with van der Waals surface area (Å²) >= 11 is 3.17. The molecule has 84 valence electrons. The molecule has 0 amide bonds. The Hall–Kier alpha value is -1.56. The fourth-order valence-corrected chi connectivity index (χ4v) is 1.67. The number of hydrogen-bond donors (Lipinski definition) is 1. The molecule has 0 saturated carbocycles. The van der Waals surface area contributed by atoms with Gasteiger partial charge in [-0.15, -0.1) is 0 Å². The molecule has 0 radical (unpaired) electrons. The van der Waals surface area contributed by atoms with Gasteiger partial charge in [-0.2, -0.15) is 5.10 Å². The number of aromatic nitrogens is 2. The number of carboxylic acid groups (broad SMARTS) is 1. The van der Waals surface area contributed by atoms with E-state index in [9.17, 15) is 4.79 Å². The second-order valence-electron chi connectivity index (χ2n) is 3.16. The lowest BCUT2D eigenvalue weighted by molar-refractivity contribution is 0.0697. The Kier molecular flexibility index (Phi) is 2.82. The molecule has 2 aromatic rings. The van der Waals surface area contributed by atoms with Gasteiger partial charge in [0.15, 0.2) is 10.4 Å². The van der Waals surface area contributed by atoms with Crippen molar-refractivity contribution < 1.29 is 14.3 Å². The highest BCUT2D eigenvalue weighted by Crippen LogP contribution is 2.26. The highest BCUT2D eigenvalue weighted by molar-refractivity contribution is 9.10. The van der Waals surface area contributed by atoms with Crippen LogP contribution in [0.2, 0.25) is 0 Å². The van der Waals surface area contributed by atoms with Gasteiger partial charge >= 0.3 is 5.97 Å². The number of nitrogens with zero attached hydrogens (tertiary/aromatic N) is 2. The Morgan fingerprint density at radius 1 is 1.62 bits per heavy atom. The lowest BCUT2D eigenvalue weighted by Gasteiger charge is -1.93. The highest BCUT2D eigenvalue weighted by Gasteiger charge is 2.19. The van der Waals surface area contributed by atoms with Gasteiger partial charge in [0.2, 0.25) is 0 Å². The van der Waals surface area contributed by atoms with Crippen LogP contribution in [0.25, 0.3) is 11.5 Å². The Bertz CT molecular complexity index is 530. The molecule has 2 aromatic heterocycles. The van der Waals surface area contributed by atoms with E-state index < -0.39 is 5.97 Å². The fraction of sp³-hybridized carbons (Fsp3) is 0.200. The second-order valence-corrected chi connectivity index (χ2v) is 3.94. The molecule has 0 aliphatic rings. The van der Waals surface area contributed by atoms with E-state index in [1.54, 1.807) is 16.8 Å². The lowest BCUT2D eigenvalue weighted by atomic mass is 10.2. The van der Waals surface area contributed by atoms with Crippen LogP contribution in [0.4, 0.5) is 0 Å². The third-order valence-corrected chi connectivity index (χ3v) is 2.55. The molecule has 0 bridgehead atoms. The first-order valence-corrected chi connectivity index (χ1v) is 5.47. The molecule has 0 aromatic carbocycles. The van der Waals surface area contributed by atoms with E-state index in [2.05, 4.69) is 21.0 Å². The predicted molar refractivity (Wildman–Crippen MR) is 60.3 cm³/mol. The van der Waals surface area contributed by atoms with E-state index in [0.717, 1.165) is 0 Å². The molecule has 2 rings (SSSR count). The summed E-state index contributed by atoms with van der Waals surface area (Å²) in [7, 11) is 0. The number of furan rings is 1. The number of aryl methyl sites for hydroxylation is 1. The molecule has 0 atom stereocenters. The van der Waals surface area contributed by atoms with Gasteiger partial charge in [-0.05, 0) is 35.0 Å². The average molecular weight is 285 g/mol. The molecular formula is C10H9BrN2O3. The van der Waals surface area contributed by atoms with Crippen LogP contribution in [0.3, 0.4) is 0 Å². The van der Waals surface area contributed by atoms with E-state index >= 15 is 0 Å². The Morgan fingerprint density at radius 3 is 2.88 bits per heavy atom. The summed E-state index contributed by atoms with van der Waals surface area (Å²) < 4.78 is 7.41. The van der Waals surface area contributed by atoms with Crippen molar-refractivity contribution in [3.63, 3.8) is 0 Å². The average Bonchev–Trinajstić information content (AvgIpc) is 2.82. The maximum absolute atomic E-state index is 11.0. The van der Waals surface area contributed by atoms with Crippen molar-refractivity contribution in [1.82, 2.24) is 9.78 Å². The van der Waals surface area contributed by atoms with E-state index in [1.807, 2.05) is 6.92 Å². The van der Waals surface area contributed by atoms with Crippen LogP contribution in [0.15, 0.2) is 27.4 Å². The molecule has 0 aliphatic heterocycles. The number of carbonyl (C=O) groups is 1. The maximum atomic E-state index is 11.0. The van der Waals surface area contributed by atoms with Gasteiger partial charge in [0, 0.05) is 12.7 Å². The Balaban J connectivity index is 2.54. The van der Waals surface area contributed by atoms with Crippen LogP contribution < -0.4 is 0 Å². The second kappa shape index (κ2) is 4.13. The molecule has 5 nitrogen and oxygen atoms in total. The van der Waals surface area contributed by atoms with Crippen molar-refractivity contribution in [3.8, 4) is 11.5 Å². The summed E-state index contributed by atoms with van der Waals surface area (Å²) in [6.07, 6.45) is 1.49. The quantitative estimate of drug-likeness (QED) is 0.941. The molecule has 0 spiro atoms. The zero-order valence-corrected chi connectivity index (χ0v) is 10.1. The number of aromatic carboxylic acids is 1. The third kappa shape index (κ3) is 1.88. The highest BCUT2D eigenvalue weighted by atomic mass is 79.9. The van der Waals surface area contributed by atoms with E-state index in [0.29, 0.717) is 22.7 Å². The zero-order valence-electron chi connectivity index (χ0n) is 8.48. The van der Waals surface area contributed by atoms with E-state index in [1.165, 1.54) is 6.20 Å². The number of carboxylic acids is 1. The van der Waals surface area contributed by atoms with Crippen LogP contribution in [0.1, 0.15) is 17.3 Å². The molecular weight excluding hydrogens is 276 g/mol. The molecule has 16 heavy (non-hydrogen) atoms. The molecule has 0 aliphatic carbocycles. The van der Waals surface area contributed by atoms with Gasteiger partial charge in [0.1, 0.15) is 11.3 Å². The monoisotopic (exact) mass is 284 g/mol. The minimum absolute atomic E-state index is 0.142. The van der Waals surface area contributed by atoms with Gasteiger partial charge in [-0.3, -0.25) is 4.68 Å². The van der Waals surface area contributed by atoms with Crippen LogP contribution in [0, 0.1) is 0 Å². The molecule has 1 N–H and O–H groups in total. The molecule has 0 saturated heterocycles. The van der Waals surface area contributed by atoms with Gasteiger partial charge in [-0.25, -0.2) is 4.79 Å². The SMILES string of the molecule is CCn1cc(C(=O)O)c(-c2ccc(Br)o2)n1. The molecule has 0 unspecified atom stereocenters. The van der Waals surface area contributed by atoms with Crippen molar-refractivity contribution in [3.05, 3.63) is 28.6 Å². The van der Waals surface area contributed by atoms with E-state index in [-0.39, 0.29) is 5.56 Å². The van der Waals surface area contributed by atoms with Crippen molar-refractivity contribution in [2.45, 2.75) is 13.5 Å². The zero-order chi connectivity index (χ0) is 11.7. The first kappa shape index (κ1) is 10.9. The smallest absolute Gasteiger partial charge is 0.339 e. The van der Waals surface area contributed by atoms with Crippen LogP contribution in [-0.4, -0.2) is 20.9 Å². The first-order valence-electron chi connectivity index (χ1n) is 4.68. The number of halogens is 1. The minimum atomic E-state index is -1.01. The third-order valence-electron chi connectivity index (χ3n) is 2.12. The Labute approximate surface area is 99.8 Å². The largest absolute Gasteiger partial charge is 0.478 e. The van der Waals surface area contributed by atoms with Gasteiger partial charge < -0.3 is 9.52 Å². The first-order chi connectivity index (χ1) is 7.61. The normalized spacial score (nSPS) is 10.6. The topological polar surface area (TPSA) is 68.3 Å². The summed E-state index contributed by atoms with van der Waals surface area (Å²) in [4.78, 5) is 11.0. The van der Waals surface area contributed by atoms with Crippen LogP contribution in [-0.2, 0) is 6.54 Å². The van der Waals surface area contributed by atoms with E-state index in [4.69, 9.17) is 9.52 Å². The Morgan fingerprint density at radius 2 is 2.38 bits per heavy atom. The molecule has 0 fully saturated rings. The standard InChI is InChI=1S/C10H9BrN2O3/c1-2-13-5-6(10(14)15)9(12-13)7-3-4-8(11)16-7/h3-5H,2H2,1H3,(H,14,15). The van der Waals surface area contributed by atoms with Crippen molar-refractivity contribution in [2.75, 3.05) is 0 Å².